The van der Waals surface area contributed by atoms with Gasteiger partial charge in [-0.25, -0.2) is 9.98 Å². The van der Waals surface area contributed by atoms with Gasteiger partial charge in [0.2, 0.25) is 5.91 Å². The van der Waals surface area contributed by atoms with Gasteiger partial charge in [0.05, 0.1) is 22.8 Å². The third-order valence-electron chi connectivity index (χ3n) is 6.27. The highest BCUT2D eigenvalue weighted by Crippen LogP contribution is 2.46. The molecule has 2 fully saturated rings. The predicted molar refractivity (Wildman–Crippen MR) is 156 cm³/mol. The molecule has 8 nitrogen and oxygen atoms in total. The van der Waals surface area contributed by atoms with E-state index in [1.807, 2.05) is 25.1 Å². The highest BCUT2D eigenvalue weighted by Gasteiger charge is 2.39. The molecule has 3 aromatic carbocycles. The molecule has 1 saturated carbocycles. The fourth-order valence-electron chi connectivity index (χ4n) is 4.11. The Morgan fingerprint density at radius 3 is 2.44 bits per heavy atom. The number of thioether (sulfide) groups is 1. The first-order valence-electron chi connectivity index (χ1n) is 12.7. The summed E-state index contributed by atoms with van der Waals surface area (Å²) in [7, 11) is 0. The Kier molecular flexibility index (Phi) is 8.20. The molecule has 2 N–H and O–H groups in total. The number of anilines is 1. The minimum Gasteiger partial charge on any atom is -0.406 e. The van der Waals surface area contributed by atoms with Crippen LogP contribution in [0.2, 0.25) is 0 Å². The molecule has 5 rings (SSSR count). The van der Waals surface area contributed by atoms with E-state index in [1.54, 1.807) is 35.4 Å². The molecular formula is C29H25F3N6O2S. The van der Waals surface area contributed by atoms with Crippen molar-refractivity contribution in [2.75, 3.05) is 4.90 Å². The van der Waals surface area contributed by atoms with Crippen molar-refractivity contribution in [1.82, 2.24) is 0 Å². The number of rotatable bonds is 8. The molecule has 0 aromatic heterocycles. The van der Waals surface area contributed by atoms with Crippen LogP contribution < -0.4 is 15.4 Å². The maximum atomic E-state index is 13.0. The van der Waals surface area contributed by atoms with Crippen molar-refractivity contribution in [1.29, 1.82) is 0 Å². The second-order valence-corrected chi connectivity index (χ2v) is 10.6. The third-order valence-corrected chi connectivity index (χ3v) is 7.30. The largest absolute Gasteiger partial charge is 0.573 e. The summed E-state index contributed by atoms with van der Waals surface area (Å²) < 4.78 is 40.6. The van der Waals surface area contributed by atoms with E-state index in [4.69, 9.17) is 5.73 Å². The van der Waals surface area contributed by atoms with Crippen LogP contribution in [0.1, 0.15) is 42.4 Å². The van der Waals surface area contributed by atoms with E-state index < -0.39 is 6.36 Å². The lowest BCUT2D eigenvalue weighted by Crippen LogP contribution is -2.32. The molecule has 0 radical (unpaired) electrons. The van der Waals surface area contributed by atoms with Gasteiger partial charge in [0.1, 0.15) is 17.9 Å². The van der Waals surface area contributed by atoms with E-state index in [0.717, 1.165) is 36.2 Å². The molecule has 3 aromatic rings. The molecule has 1 saturated heterocycles. The van der Waals surface area contributed by atoms with Crippen molar-refractivity contribution >= 4 is 52.6 Å². The number of carbonyl (C=O) groups is 1. The summed E-state index contributed by atoms with van der Waals surface area (Å²) in [4.78, 5) is 22.8. The molecule has 1 heterocycles. The van der Waals surface area contributed by atoms with E-state index >= 15 is 0 Å². The fourth-order valence-corrected chi connectivity index (χ4v) is 5.02. The Bertz CT molecular complexity index is 1530. The maximum Gasteiger partial charge on any atom is 0.573 e. The lowest BCUT2D eigenvalue weighted by molar-refractivity contribution is -0.274. The second kappa shape index (κ2) is 12.0. The Morgan fingerprint density at radius 1 is 1.05 bits per heavy atom. The number of halogens is 3. The van der Waals surface area contributed by atoms with Crippen LogP contribution in [0.25, 0.3) is 0 Å². The van der Waals surface area contributed by atoms with Crippen LogP contribution in [0.15, 0.2) is 93.0 Å². The summed E-state index contributed by atoms with van der Waals surface area (Å²) in [6, 6.07) is 20.1. The van der Waals surface area contributed by atoms with Crippen LogP contribution in [0.5, 0.6) is 5.75 Å². The summed E-state index contributed by atoms with van der Waals surface area (Å²) in [5.41, 5.74) is 9.88. The maximum absolute atomic E-state index is 13.0. The average molecular weight is 579 g/mol. The van der Waals surface area contributed by atoms with Gasteiger partial charge in [-0.2, -0.15) is 5.10 Å². The minimum atomic E-state index is -4.75. The van der Waals surface area contributed by atoms with Crippen molar-refractivity contribution in [2.45, 2.75) is 37.3 Å². The van der Waals surface area contributed by atoms with Crippen LogP contribution in [-0.4, -0.2) is 41.1 Å². The number of alkyl halides is 3. The number of ether oxygens (including phenoxy) is 1. The number of nitrogens with two attached hydrogens (primary N) is 1. The lowest BCUT2D eigenvalue weighted by atomic mass is 10.1. The Labute approximate surface area is 238 Å². The Morgan fingerprint density at radius 2 is 1.76 bits per heavy atom. The van der Waals surface area contributed by atoms with Crippen LogP contribution >= 0.6 is 11.8 Å². The lowest BCUT2D eigenvalue weighted by Gasteiger charge is -2.19. The van der Waals surface area contributed by atoms with Gasteiger partial charge in [0, 0.05) is 5.56 Å². The van der Waals surface area contributed by atoms with E-state index in [-0.39, 0.29) is 22.7 Å². The van der Waals surface area contributed by atoms with E-state index in [1.165, 1.54) is 35.8 Å². The average Bonchev–Trinajstić information content (AvgIpc) is 3.75. The number of aliphatic imine (C=N–C) groups is 2. The molecule has 1 amide bonds. The number of para-hydroxylation sites is 1. The molecule has 0 bridgehead atoms. The number of benzene rings is 3. The minimum absolute atomic E-state index is 0.00723. The number of amidine groups is 2. The van der Waals surface area contributed by atoms with Crippen LogP contribution in [-0.2, 0) is 4.79 Å². The van der Waals surface area contributed by atoms with Gasteiger partial charge in [-0.05, 0) is 67.1 Å². The van der Waals surface area contributed by atoms with Gasteiger partial charge in [0.25, 0.3) is 0 Å². The SMILES string of the molecule is CC1S/C(=N\N=C\c2ccc(C(N)=NC=Nc3ccc(OC(F)(F)F)cc3)cc2)N(c2ccccc2C2CC2)C1=O. The molecule has 210 valence electrons. The topological polar surface area (TPSA) is 105 Å². The van der Waals surface area contributed by atoms with Crippen molar-refractivity contribution in [3.05, 3.63) is 89.5 Å². The predicted octanol–water partition coefficient (Wildman–Crippen LogP) is 6.39. The molecule has 2 aliphatic rings. The zero-order valence-corrected chi connectivity index (χ0v) is 22.6. The zero-order chi connectivity index (χ0) is 29.0. The molecule has 41 heavy (non-hydrogen) atoms. The Balaban J connectivity index is 1.23. The van der Waals surface area contributed by atoms with E-state index in [2.05, 4.69) is 31.0 Å². The molecule has 1 aliphatic carbocycles. The van der Waals surface area contributed by atoms with Crippen LogP contribution in [0.4, 0.5) is 24.5 Å². The first-order valence-corrected chi connectivity index (χ1v) is 13.6. The number of hydrogen-bond donors (Lipinski definition) is 1. The van der Waals surface area contributed by atoms with Gasteiger partial charge in [-0.3, -0.25) is 9.69 Å². The standard InChI is InChI=1S/C29H25F3N6O2S/c1-18-27(39)38(25-5-3-2-4-24(25)20-10-11-20)28(41-18)37-36-16-19-6-8-21(9-7-19)26(33)35-17-34-22-12-14-23(15-13-22)40-29(30,31)32/h2-9,12-18,20H,10-11H2,1H3,(H2,33,34,35)/b36-16+,37-28-. The van der Waals surface area contributed by atoms with Gasteiger partial charge >= 0.3 is 6.36 Å². The van der Waals surface area contributed by atoms with Crippen molar-refractivity contribution in [2.24, 2.45) is 25.9 Å². The van der Waals surface area contributed by atoms with Crippen LogP contribution in [0.3, 0.4) is 0 Å². The third kappa shape index (κ3) is 7.20. The first kappa shape index (κ1) is 28.1. The number of amides is 1. The quantitative estimate of drug-likeness (QED) is 0.190. The van der Waals surface area contributed by atoms with Gasteiger partial charge in [-0.1, -0.05) is 54.2 Å². The summed E-state index contributed by atoms with van der Waals surface area (Å²) in [6.45, 7) is 1.87. The van der Waals surface area contributed by atoms with Crippen molar-refractivity contribution < 1.29 is 22.7 Å². The molecule has 12 heteroatoms. The summed E-state index contributed by atoms with van der Waals surface area (Å²) in [5, 5.41) is 8.91. The molecule has 1 unspecified atom stereocenters. The fraction of sp³-hybridized carbons (Fsp3) is 0.207. The van der Waals surface area contributed by atoms with Gasteiger partial charge in [-0.15, -0.1) is 18.3 Å². The summed E-state index contributed by atoms with van der Waals surface area (Å²) >= 11 is 1.38. The van der Waals surface area contributed by atoms with Gasteiger partial charge < -0.3 is 10.5 Å². The monoisotopic (exact) mass is 578 g/mol. The molecule has 1 atom stereocenters. The first-order chi connectivity index (χ1) is 19.7. The van der Waals surface area contributed by atoms with Crippen molar-refractivity contribution in [3.63, 3.8) is 0 Å². The molecule has 1 aliphatic heterocycles. The number of carbonyl (C=O) groups excluding carboxylic acids is 1. The zero-order valence-electron chi connectivity index (χ0n) is 21.8. The highest BCUT2D eigenvalue weighted by atomic mass is 32.2. The second-order valence-electron chi connectivity index (χ2n) is 9.32. The van der Waals surface area contributed by atoms with Crippen molar-refractivity contribution in [3.8, 4) is 5.75 Å². The molecular weight excluding hydrogens is 553 g/mol. The molecule has 0 spiro atoms. The van der Waals surface area contributed by atoms with E-state index in [0.29, 0.717) is 22.3 Å². The normalized spacial score (nSPS) is 19.2. The highest BCUT2D eigenvalue weighted by molar-refractivity contribution is 8.16. The van der Waals surface area contributed by atoms with E-state index in [9.17, 15) is 18.0 Å². The summed E-state index contributed by atoms with van der Waals surface area (Å²) in [6.07, 6.45) is 0.312. The van der Waals surface area contributed by atoms with Crippen LogP contribution in [0, 0.1) is 0 Å². The smallest absolute Gasteiger partial charge is 0.406 e. The number of nitrogens with zero attached hydrogens (tertiary/aromatic N) is 5. The summed E-state index contributed by atoms with van der Waals surface area (Å²) in [5.74, 6) is 0.344. The Hall–Kier alpha value is -4.45. The van der Waals surface area contributed by atoms with Gasteiger partial charge in [0.15, 0.2) is 5.17 Å². The number of hydrogen-bond acceptors (Lipinski definition) is 6.